The highest BCUT2D eigenvalue weighted by Gasteiger charge is 2.18. The quantitative estimate of drug-likeness (QED) is 0.387. The summed E-state index contributed by atoms with van der Waals surface area (Å²) in [5.41, 5.74) is 9.22. The summed E-state index contributed by atoms with van der Waals surface area (Å²) in [5.74, 6) is 0.946. The molecular formula is C25H37Cl2N3O. The fourth-order valence-corrected chi connectivity index (χ4v) is 4.15. The first-order chi connectivity index (χ1) is 14.2. The van der Waals surface area contributed by atoms with Crippen LogP contribution in [0.4, 0.5) is 5.69 Å². The molecule has 0 radical (unpaired) electrons. The standard InChI is InChI=1S/C25H35N3O.2ClH/c26-24-11-5-4-10-23(24)12-13-25(29)27-16-6-7-17-28-18-14-22(15-19-28)20-21-8-2-1-3-9-21;;/h1-5,8-11,22H,6-7,12-20,26H2,(H,27,29);2*1H. The van der Waals surface area contributed by atoms with E-state index in [1.165, 1.54) is 37.9 Å². The summed E-state index contributed by atoms with van der Waals surface area (Å²) in [7, 11) is 0. The number of unbranched alkanes of at least 4 members (excludes halogenated alkanes) is 1. The first-order valence-corrected chi connectivity index (χ1v) is 11.1. The van der Waals surface area contributed by atoms with E-state index < -0.39 is 0 Å². The maximum absolute atomic E-state index is 12.0. The van der Waals surface area contributed by atoms with Crippen molar-refractivity contribution in [2.75, 3.05) is 31.9 Å². The minimum absolute atomic E-state index is 0. The van der Waals surface area contributed by atoms with Crippen molar-refractivity contribution in [3.8, 4) is 0 Å². The molecule has 6 heteroatoms. The molecule has 3 N–H and O–H groups in total. The number of hydrogen-bond donors (Lipinski definition) is 2. The van der Waals surface area contributed by atoms with Gasteiger partial charge in [0.25, 0.3) is 0 Å². The van der Waals surface area contributed by atoms with E-state index >= 15 is 0 Å². The van der Waals surface area contributed by atoms with Crippen molar-refractivity contribution < 1.29 is 4.79 Å². The van der Waals surface area contributed by atoms with Gasteiger partial charge in [-0.15, -0.1) is 24.8 Å². The zero-order chi connectivity index (χ0) is 20.3. The van der Waals surface area contributed by atoms with Gasteiger partial charge in [-0.2, -0.15) is 0 Å². The van der Waals surface area contributed by atoms with Crippen molar-refractivity contribution in [3.05, 3.63) is 65.7 Å². The Bertz CT molecular complexity index is 749. The second-order valence-electron chi connectivity index (χ2n) is 8.23. The van der Waals surface area contributed by atoms with Crippen LogP contribution in [0, 0.1) is 5.92 Å². The van der Waals surface area contributed by atoms with Gasteiger partial charge >= 0.3 is 0 Å². The number of nitrogens with zero attached hydrogens (tertiary/aromatic N) is 1. The molecule has 0 aromatic heterocycles. The number of benzene rings is 2. The average molecular weight is 466 g/mol. The zero-order valence-electron chi connectivity index (χ0n) is 18.3. The van der Waals surface area contributed by atoms with Crippen LogP contribution in [0.3, 0.4) is 0 Å². The smallest absolute Gasteiger partial charge is 0.220 e. The Labute approximate surface area is 199 Å². The molecule has 1 amide bonds. The van der Waals surface area contributed by atoms with Crippen LogP contribution in [0.5, 0.6) is 0 Å². The SMILES string of the molecule is Cl.Cl.Nc1ccccc1CCC(=O)NCCCCN1CCC(Cc2ccccc2)CC1. The van der Waals surface area contributed by atoms with Crippen LogP contribution in [0.15, 0.2) is 54.6 Å². The average Bonchev–Trinajstić information content (AvgIpc) is 2.75. The number of piperidine rings is 1. The Kier molecular flexibility index (Phi) is 13.3. The third-order valence-electron chi connectivity index (χ3n) is 5.97. The van der Waals surface area contributed by atoms with Gasteiger partial charge in [0.2, 0.25) is 5.91 Å². The highest BCUT2D eigenvalue weighted by Crippen LogP contribution is 2.21. The van der Waals surface area contributed by atoms with Crippen LogP contribution >= 0.6 is 24.8 Å². The Morgan fingerprint density at radius 2 is 1.65 bits per heavy atom. The molecule has 1 heterocycles. The molecule has 0 atom stereocenters. The minimum Gasteiger partial charge on any atom is -0.399 e. The van der Waals surface area contributed by atoms with Crippen LogP contribution in [0.25, 0.3) is 0 Å². The summed E-state index contributed by atoms with van der Waals surface area (Å²) >= 11 is 0. The van der Waals surface area contributed by atoms with E-state index in [0.29, 0.717) is 12.8 Å². The zero-order valence-corrected chi connectivity index (χ0v) is 19.9. The largest absolute Gasteiger partial charge is 0.399 e. The molecule has 172 valence electrons. The Balaban J connectivity index is 0.00000240. The minimum atomic E-state index is 0. The molecule has 31 heavy (non-hydrogen) atoms. The van der Waals surface area contributed by atoms with E-state index in [-0.39, 0.29) is 30.7 Å². The number of carbonyl (C=O) groups excluding carboxylic acids is 1. The van der Waals surface area contributed by atoms with Crippen molar-refractivity contribution in [2.24, 2.45) is 5.92 Å². The molecule has 0 aliphatic carbocycles. The molecular weight excluding hydrogens is 429 g/mol. The molecule has 2 aromatic rings. The molecule has 1 saturated heterocycles. The van der Waals surface area contributed by atoms with Gasteiger partial charge in [0.15, 0.2) is 0 Å². The maximum Gasteiger partial charge on any atom is 0.220 e. The molecule has 0 bridgehead atoms. The fourth-order valence-electron chi connectivity index (χ4n) is 4.15. The number of nitrogens with one attached hydrogen (secondary N) is 1. The van der Waals surface area contributed by atoms with Crippen LogP contribution < -0.4 is 11.1 Å². The van der Waals surface area contributed by atoms with Crippen LogP contribution in [0.1, 0.15) is 43.2 Å². The van der Waals surface area contributed by atoms with Crippen molar-refractivity contribution in [1.82, 2.24) is 10.2 Å². The van der Waals surface area contributed by atoms with Crippen LogP contribution in [-0.4, -0.2) is 37.0 Å². The van der Waals surface area contributed by atoms with Crippen LogP contribution in [-0.2, 0) is 17.6 Å². The number of nitrogen functional groups attached to an aromatic ring is 1. The Hall–Kier alpha value is -1.75. The number of nitrogens with two attached hydrogens (primary N) is 1. The summed E-state index contributed by atoms with van der Waals surface area (Å²) in [6.45, 7) is 4.34. The van der Waals surface area contributed by atoms with E-state index in [2.05, 4.69) is 40.5 Å². The lowest BCUT2D eigenvalue weighted by Crippen LogP contribution is -2.35. The number of aryl methyl sites for hydroxylation is 1. The van der Waals surface area contributed by atoms with Gasteiger partial charge in [0, 0.05) is 18.7 Å². The molecule has 3 rings (SSSR count). The van der Waals surface area contributed by atoms with E-state index in [1.807, 2.05) is 24.3 Å². The normalized spacial score (nSPS) is 14.3. The highest BCUT2D eigenvalue weighted by atomic mass is 35.5. The van der Waals surface area contributed by atoms with Gasteiger partial charge in [-0.1, -0.05) is 48.5 Å². The molecule has 1 aliphatic heterocycles. The van der Waals surface area contributed by atoms with E-state index in [0.717, 1.165) is 43.1 Å². The number of likely N-dealkylation sites (tertiary alicyclic amines) is 1. The van der Waals surface area contributed by atoms with Crippen molar-refractivity contribution in [1.29, 1.82) is 0 Å². The topological polar surface area (TPSA) is 58.4 Å². The molecule has 2 aromatic carbocycles. The van der Waals surface area contributed by atoms with Crippen molar-refractivity contribution in [2.45, 2.75) is 44.9 Å². The van der Waals surface area contributed by atoms with E-state index in [4.69, 9.17) is 5.73 Å². The van der Waals surface area contributed by atoms with E-state index in [1.54, 1.807) is 0 Å². The molecule has 0 saturated carbocycles. The predicted molar refractivity (Wildman–Crippen MR) is 135 cm³/mol. The first kappa shape index (κ1) is 27.3. The number of halogens is 2. The third-order valence-corrected chi connectivity index (χ3v) is 5.97. The van der Waals surface area contributed by atoms with Gasteiger partial charge in [0.1, 0.15) is 0 Å². The number of anilines is 1. The fraction of sp³-hybridized carbons (Fsp3) is 0.480. The Morgan fingerprint density at radius 3 is 2.35 bits per heavy atom. The summed E-state index contributed by atoms with van der Waals surface area (Å²) in [5, 5.41) is 3.05. The second kappa shape index (κ2) is 15.1. The third kappa shape index (κ3) is 9.94. The molecule has 0 spiro atoms. The number of hydrogen-bond acceptors (Lipinski definition) is 3. The van der Waals surface area contributed by atoms with Gasteiger partial charge in [-0.25, -0.2) is 0 Å². The summed E-state index contributed by atoms with van der Waals surface area (Å²) < 4.78 is 0. The van der Waals surface area contributed by atoms with Gasteiger partial charge in [-0.3, -0.25) is 4.79 Å². The van der Waals surface area contributed by atoms with Crippen molar-refractivity contribution in [3.63, 3.8) is 0 Å². The molecule has 0 unspecified atom stereocenters. The number of rotatable bonds is 10. The summed E-state index contributed by atoms with van der Waals surface area (Å²) in [6.07, 6.45) is 7.22. The lowest BCUT2D eigenvalue weighted by Gasteiger charge is -2.32. The van der Waals surface area contributed by atoms with E-state index in [9.17, 15) is 4.79 Å². The predicted octanol–water partition coefficient (Wildman–Crippen LogP) is 4.90. The van der Waals surface area contributed by atoms with Crippen molar-refractivity contribution >= 4 is 36.4 Å². The lowest BCUT2D eigenvalue weighted by molar-refractivity contribution is -0.121. The second-order valence-corrected chi connectivity index (χ2v) is 8.23. The van der Waals surface area contributed by atoms with Gasteiger partial charge in [-0.05, 0) is 81.3 Å². The first-order valence-electron chi connectivity index (χ1n) is 11.1. The number of para-hydroxylation sites is 1. The summed E-state index contributed by atoms with van der Waals surface area (Å²) in [4.78, 5) is 14.6. The maximum atomic E-state index is 12.0. The lowest BCUT2D eigenvalue weighted by atomic mass is 9.90. The Morgan fingerprint density at radius 1 is 0.968 bits per heavy atom. The number of carbonyl (C=O) groups is 1. The molecule has 1 aliphatic rings. The van der Waals surface area contributed by atoms with Gasteiger partial charge in [0.05, 0.1) is 0 Å². The van der Waals surface area contributed by atoms with Gasteiger partial charge < -0.3 is 16.0 Å². The number of amides is 1. The van der Waals surface area contributed by atoms with Crippen LogP contribution in [0.2, 0.25) is 0 Å². The summed E-state index contributed by atoms with van der Waals surface area (Å²) in [6, 6.07) is 18.6. The molecule has 4 nitrogen and oxygen atoms in total. The molecule has 1 fully saturated rings. The monoisotopic (exact) mass is 465 g/mol. The highest BCUT2D eigenvalue weighted by molar-refractivity contribution is 5.85.